The summed E-state index contributed by atoms with van der Waals surface area (Å²) in [6.07, 6.45) is 5.52. The molecule has 80 valence electrons. The molecule has 0 bridgehead atoms. The van der Waals surface area contributed by atoms with Crippen molar-refractivity contribution in [3.05, 3.63) is 23.3 Å². The Labute approximate surface area is 91.2 Å². The van der Waals surface area contributed by atoms with E-state index >= 15 is 0 Å². The van der Waals surface area contributed by atoms with E-state index in [1.54, 1.807) is 6.21 Å². The highest BCUT2D eigenvalue weighted by atomic mass is 15.3. The number of H-pyrrole nitrogens is 1. The van der Waals surface area contributed by atoms with Gasteiger partial charge in [-0.2, -0.15) is 20.5 Å². The molecule has 0 spiro atoms. The zero-order valence-corrected chi connectivity index (χ0v) is 8.44. The number of aromatic nitrogens is 3. The molecule has 0 atom stereocenters. The highest BCUT2D eigenvalue weighted by Gasteiger charge is 2.13. The number of hydrogen-bond donors (Lipinski definition) is 3. The SMILES string of the molecule is NCc1cc2c(c3n[nH]nc13)NN=CC=C2. The van der Waals surface area contributed by atoms with Crippen LogP contribution in [0.3, 0.4) is 0 Å². The first-order valence-electron chi connectivity index (χ1n) is 4.92. The minimum Gasteiger partial charge on any atom is -0.326 e. The summed E-state index contributed by atoms with van der Waals surface area (Å²) in [6, 6.07) is 2.00. The quantitative estimate of drug-likeness (QED) is 0.656. The van der Waals surface area contributed by atoms with E-state index in [4.69, 9.17) is 5.73 Å². The Bertz CT molecular complexity index is 595. The molecule has 16 heavy (non-hydrogen) atoms. The fourth-order valence-corrected chi connectivity index (χ4v) is 1.79. The third kappa shape index (κ3) is 1.20. The molecular formula is C10H10N6. The van der Waals surface area contributed by atoms with Crippen molar-refractivity contribution in [1.29, 1.82) is 0 Å². The molecule has 0 amide bonds. The van der Waals surface area contributed by atoms with Gasteiger partial charge in [-0.15, -0.1) is 0 Å². The van der Waals surface area contributed by atoms with Crippen molar-refractivity contribution in [2.75, 3.05) is 5.43 Å². The van der Waals surface area contributed by atoms with Crippen LogP contribution in [0.5, 0.6) is 0 Å². The van der Waals surface area contributed by atoms with E-state index in [0.29, 0.717) is 6.54 Å². The van der Waals surface area contributed by atoms with Gasteiger partial charge in [0.15, 0.2) is 0 Å². The van der Waals surface area contributed by atoms with Crippen LogP contribution in [0.4, 0.5) is 5.69 Å². The van der Waals surface area contributed by atoms with E-state index in [1.165, 1.54) is 0 Å². The van der Waals surface area contributed by atoms with E-state index in [9.17, 15) is 0 Å². The predicted molar refractivity (Wildman–Crippen MR) is 62.9 cm³/mol. The zero-order valence-electron chi connectivity index (χ0n) is 8.44. The van der Waals surface area contributed by atoms with Gasteiger partial charge in [0.2, 0.25) is 0 Å². The van der Waals surface area contributed by atoms with Gasteiger partial charge in [0.05, 0.1) is 5.69 Å². The molecule has 0 saturated carbocycles. The average Bonchev–Trinajstić information content (AvgIpc) is 2.67. The van der Waals surface area contributed by atoms with Crippen molar-refractivity contribution in [3.8, 4) is 0 Å². The largest absolute Gasteiger partial charge is 0.326 e. The van der Waals surface area contributed by atoms with Gasteiger partial charge in [0.1, 0.15) is 11.0 Å². The van der Waals surface area contributed by atoms with Gasteiger partial charge in [-0.1, -0.05) is 6.08 Å². The van der Waals surface area contributed by atoms with E-state index in [-0.39, 0.29) is 0 Å². The van der Waals surface area contributed by atoms with Crippen LogP contribution in [0.15, 0.2) is 17.2 Å². The third-order valence-corrected chi connectivity index (χ3v) is 2.54. The number of nitrogens with two attached hydrogens (primary N) is 1. The summed E-state index contributed by atoms with van der Waals surface area (Å²) >= 11 is 0. The number of hydrogen-bond acceptors (Lipinski definition) is 5. The van der Waals surface area contributed by atoms with Gasteiger partial charge in [0.25, 0.3) is 0 Å². The van der Waals surface area contributed by atoms with Gasteiger partial charge < -0.3 is 5.73 Å². The van der Waals surface area contributed by atoms with Crippen molar-refractivity contribution in [2.45, 2.75) is 6.54 Å². The first kappa shape index (κ1) is 9.05. The molecule has 4 N–H and O–H groups in total. The van der Waals surface area contributed by atoms with Crippen LogP contribution in [0, 0.1) is 0 Å². The van der Waals surface area contributed by atoms with Gasteiger partial charge in [0, 0.05) is 18.3 Å². The molecule has 2 heterocycles. The van der Waals surface area contributed by atoms with Gasteiger partial charge >= 0.3 is 0 Å². The second kappa shape index (κ2) is 3.42. The number of aromatic amines is 1. The number of benzene rings is 1. The lowest BCUT2D eigenvalue weighted by atomic mass is 10.1. The molecule has 1 aromatic carbocycles. The number of rotatable bonds is 1. The Morgan fingerprint density at radius 3 is 3.00 bits per heavy atom. The van der Waals surface area contributed by atoms with Crippen LogP contribution in [0.1, 0.15) is 11.1 Å². The van der Waals surface area contributed by atoms with Gasteiger partial charge in [-0.25, -0.2) is 0 Å². The minimum atomic E-state index is 0.436. The number of anilines is 1. The summed E-state index contributed by atoms with van der Waals surface area (Å²) in [5, 5.41) is 14.9. The lowest BCUT2D eigenvalue weighted by Gasteiger charge is -2.07. The van der Waals surface area contributed by atoms with Crippen LogP contribution in [0.25, 0.3) is 17.1 Å². The molecule has 0 radical (unpaired) electrons. The Balaban J connectivity index is 2.37. The summed E-state index contributed by atoms with van der Waals surface area (Å²) in [5.41, 5.74) is 13.0. The molecular weight excluding hydrogens is 204 g/mol. The Hall–Kier alpha value is -2.21. The smallest absolute Gasteiger partial charge is 0.138 e. The Morgan fingerprint density at radius 1 is 1.25 bits per heavy atom. The molecule has 0 aliphatic carbocycles. The van der Waals surface area contributed by atoms with E-state index < -0.39 is 0 Å². The molecule has 1 aliphatic rings. The fraction of sp³-hybridized carbons (Fsp3) is 0.100. The topological polar surface area (TPSA) is 92.0 Å². The van der Waals surface area contributed by atoms with Crippen LogP contribution in [-0.2, 0) is 6.54 Å². The molecule has 1 aromatic heterocycles. The van der Waals surface area contributed by atoms with E-state index in [0.717, 1.165) is 27.8 Å². The second-order valence-corrected chi connectivity index (χ2v) is 3.47. The van der Waals surface area contributed by atoms with Crippen molar-refractivity contribution >= 4 is 29.0 Å². The Morgan fingerprint density at radius 2 is 2.12 bits per heavy atom. The molecule has 0 saturated heterocycles. The molecule has 0 unspecified atom stereocenters. The molecule has 0 fully saturated rings. The third-order valence-electron chi connectivity index (χ3n) is 2.54. The fourth-order valence-electron chi connectivity index (χ4n) is 1.79. The maximum atomic E-state index is 5.69. The average molecular weight is 214 g/mol. The number of fused-ring (bicyclic) bond motifs is 3. The maximum Gasteiger partial charge on any atom is 0.138 e. The monoisotopic (exact) mass is 214 g/mol. The summed E-state index contributed by atoms with van der Waals surface area (Å²) in [4.78, 5) is 0. The van der Waals surface area contributed by atoms with Crippen molar-refractivity contribution < 1.29 is 0 Å². The summed E-state index contributed by atoms with van der Waals surface area (Å²) < 4.78 is 0. The summed E-state index contributed by atoms with van der Waals surface area (Å²) in [7, 11) is 0. The predicted octanol–water partition coefficient (Wildman–Crippen LogP) is 0.841. The normalized spacial score (nSPS) is 13.6. The highest BCUT2D eigenvalue weighted by molar-refractivity contribution is 5.97. The number of hydrazone groups is 1. The van der Waals surface area contributed by atoms with Crippen LogP contribution in [-0.4, -0.2) is 21.6 Å². The highest BCUT2D eigenvalue weighted by Crippen LogP contribution is 2.29. The molecule has 2 aromatic rings. The Kier molecular flexibility index (Phi) is 1.94. The second-order valence-electron chi connectivity index (χ2n) is 3.47. The van der Waals surface area contributed by atoms with Crippen molar-refractivity contribution in [3.63, 3.8) is 0 Å². The van der Waals surface area contributed by atoms with E-state index in [2.05, 4.69) is 25.9 Å². The lowest BCUT2D eigenvalue weighted by molar-refractivity contribution is 0.954. The van der Waals surface area contributed by atoms with Crippen LogP contribution in [0.2, 0.25) is 0 Å². The van der Waals surface area contributed by atoms with Gasteiger partial charge in [-0.3, -0.25) is 5.43 Å². The molecule has 6 nitrogen and oxygen atoms in total. The number of nitrogens with zero attached hydrogens (tertiary/aromatic N) is 3. The number of nitrogens with one attached hydrogen (secondary N) is 2. The van der Waals surface area contributed by atoms with Crippen LogP contribution >= 0.6 is 0 Å². The van der Waals surface area contributed by atoms with Crippen molar-refractivity contribution in [1.82, 2.24) is 15.4 Å². The number of allylic oxidation sites excluding steroid dienone is 1. The minimum absolute atomic E-state index is 0.436. The molecule has 3 rings (SSSR count). The molecule has 6 heteroatoms. The van der Waals surface area contributed by atoms with E-state index in [1.807, 2.05) is 18.2 Å². The van der Waals surface area contributed by atoms with Crippen molar-refractivity contribution in [2.24, 2.45) is 10.8 Å². The first-order valence-corrected chi connectivity index (χ1v) is 4.92. The van der Waals surface area contributed by atoms with Gasteiger partial charge in [-0.05, 0) is 17.7 Å². The molecule has 1 aliphatic heterocycles. The standard InChI is InChI=1S/C10H10N6/c11-5-7-4-6-2-1-3-12-13-8(6)10-9(7)14-16-15-10/h1-4,13H,5,11H2,(H,14,15,16). The maximum absolute atomic E-state index is 5.69. The van der Waals surface area contributed by atoms with Crippen LogP contribution < -0.4 is 11.2 Å². The lowest BCUT2D eigenvalue weighted by Crippen LogP contribution is -2.00. The first-order chi connectivity index (χ1) is 7.90. The summed E-state index contributed by atoms with van der Waals surface area (Å²) in [6.45, 7) is 0.436. The zero-order chi connectivity index (χ0) is 11.0. The summed E-state index contributed by atoms with van der Waals surface area (Å²) in [5.74, 6) is 0.